The molecule has 2 heterocycles. The topological polar surface area (TPSA) is 72.7 Å². The van der Waals surface area contributed by atoms with E-state index in [1.807, 2.05) is 23.6 Å². The van der Waals surface area contributed by atoms with Crippen molar-refractivity contribution < 1.29 is 4.79 Å². The lowest BCUT2D eigenvalue weighted by molar-refractivity contribution is -0.121. The molecule has 0 saturated heterocycles. The predicted molar refractivity (Wildman–Crippen MR) is 129 cm³/mol. The van der Waals surface area contributed by atoms with Crippen molar-refractivity contribution >= 4 is 17.7 Å². The van der Waals surface area contributed by atoms with Crippen LogP contribution < -0.4 is 5.32 Å². The molecule has 168 valence electrons. The fraction of sp³-hybridized carbons (Fsp3) is 0.440. The number of benzene rings is 1. The minimum absolute atomic E-state index is 0.0637. The highest BCUT2D eigenvalue weighted by Crippen LogP contribution is 2.31. The van der Waals surface area contributed by atoms with Crippen molar-refractivity contribution in [3.63, 3.8) is 0 Å². The van der Waals surface area contributed by atoms with Crippen molar-refractivity contribution in [1.29, 1.82) is 0 Å². The second kappa shape index (κ2) is 9.86. The minimum Gasteiger partial charge on any atom is -0.352 e. The quantitative estimate of drug-likeness (QED) is 0.529. The summed E-state index contributed by atoms with van der Waals surface area (Å²) in [6.07, 6.45) is 8.20. The highest BCUT2D eigenvalue weighted by Gasteiger charge is 2.27. The first kappa shape index (κ1) is 22.5. The monoisotopic (exact) mass is 449 g/mol. The molecule has 0 spiro atoms. The maximum atomic E-state index is 13.0. The van der Waals surface area contributed by atoms with Gasteiger partial charge in [-0.3, -0.25) is 14.3 Å². The molecule has 32 heavy (non-hydrogen) atoms. The zero-order chi connectivity index (χ0) is 22.7. The lowest BCUT2D eigenvalue weighted by Gasteiger charge is -2.30. The fourth-order valence-electron chi connectivity index (χ4n) is 4.17. The van der Waals surface area contributed by atoms with Gasteiger partial charge in [-0.15, -0.1) is 10.2 Å². The third kappa shape index (κ3) is 4.88. The Morgan fingerprint density at radius 3 is 2.56 bits per heavy atom. The third-order valence-electron chi connectivity index (χ3n) is 6.41. The molecule has 6 nitrogen and oxygen atoms in total. The van der Waals surface area contributed by atoms with E-state index < -0.39 is 0 Å². The molecule has 1 fully saturated rings. The van der Waals surface area contributed by atoms with Crippen LogP contribution in [-0.4, -0.2) is 36.9 Å². The molecule has 0 aliphatic heterocycles. The van der Waals surface area contributed by atoms with Gasteiger partial charge in [0.1, 0.15) is 0 Å². The predicted octanol–water partition coefficient (Wildman–Crippen LogP) is 5.12. The summed E-state index contributed by atoms with van der Waals surface area (Å²) >= 11 is 1.45. The maximum absolute atomic E-state index is 13.0. The molecule has 0 radical (unpaired) electrons. The minimum atomic E-state index is -0.274. The van der Waals surface area contributed by atoms with Gasteiger partial charge in [0.2, 0.25) is 5.91 Å². The van der Waals surface area contributed by atoms with Gasteiger partial charge in [0.15, 0.2) is 11.0 Å². The van der Waals surface area contributed by atoms with Gasteiger partial charge in [-0.25, -0.2) is 0 Å². The average Bonchev–Trinajstić information content (AvgIpc) is 3.21. The van der Waals surface area contributed by atoms with E-state index in [1.54, 1.807) is 12.4 Å². The van der Waals surface area contributed by atoms with Crippen molar-refractivity contribution in [2.24, 2.45) is 5.92 Å². The lowest BCUT2D eigenvalue weighted by Crippen LogP contribution is -2.44. The second-order valence-electron chi connectivity index (χ2n) is 8.78. The molecule has 0 bridgehead atoms. The van der Waals surface area contributed by atoms with Gasteiger partial charge in [-0.2, -0.15) is 0 Å². The van der Waals surface area contributed by atoms with Gasteiger partial charge in [0, 0.05) is 24.0 Å². The molecule has 1 amide bonds. The van der Waals surface area contributed by atoms with E-state index in [0.717, 1.165) is 23.5 Å². The molecular formula is C25H31N5OS. The van der Waals surface area contributed by atoms with Crippen LogP contribution in [-0.2, 0) is 4.79 Å². The van der Waals surface area contributed by atoms with E-state index in [1.165, 1.54) is 42.2 Å². The Morgan fingerprint density at radius 2 is 1.84 bits per heavy atom. The summed E-state index contributed by atoms with van der Waals surface area (Å²) in [5.41, 5.74) is 4.35. The molecular weight excluding hydrogens is 418 g/mol. The standard InChI is InChI=1S/C25H31N5OS/c1-16-9-10-21(15-18(16)3)30-23(20-11-13-26-14-12-20)28-29-25(30)32-19(4)24(31)27-22-8-6-5-7-17(22)2/h9-15,17,19,22H,5-8H2,1-4H3,(H,27,31). The van der Waals surface area contributed by atoms with Crippen molar-refractivity contribution in [2.75, 3.05) is 0 Å². The summed E-state index contributed by atoms with van der Waals surface area (Å²) in [6, 6.07) is 10.4. The van der Waals surface area contributed by atoms with Crippen LogP contribution in [0.3, 0.4) is 0 Å². The molecule has 4 rings (SSSR count). The molecule has 1 N–H and O–H groups in total. The number of nitrogens with one attached hydrogen (secondary N) is 1. The molecule has 2 aromatic heterocycles. The normalized spacial score (nSPS) is 19.5. The number of thioether (sulfide) groups is 1. The molecule has 1 aliphatic rings. The fourth-order valence-corrected chi connectivity index (χ4v) is 5.05. The van der Waals surface area contributed by atoms with Crippen LogP contribution in [0, 0.1) is 19.8 Å². The van der Waals surface area contributed by atoms with Crippen LogP contribution >= 0.6 is 11.8 Å². The third-order valence-corrected chi connectivity index (χ3v) is 7.45. The first-order chi connectivity index (χ1) is 15.4. The highest BCUT2D eigenvalue weighted by atomic mass is 32.2. The number of carbonyl (C=O) groups is 1. The van der Waals surface area contributed by atoms with Crippen molar-refractivity contribution in [3.05, 3.63) is 53.9 Å². The molecule has 3 atom stereocenters. The Kier molecular flexibility index (Phi) is 6.94. The van der Waals surface area contributed by atoms with Crippen LogP contribution in [0.2, 0.25) is 0 Å². The number of hydrogen-bond donors (Lipinski definition) is 1. The Labute approximate surface area is 194 Å². The Bertz CT molecular complexity index is 1080. The van der Waals surface area contributed by atoms with Crippen LogP contribution in [0.25, 0.3) is 17.1 Å². The Morgan fingerprint density at radius 1 is 1.09 bits per heavy atom. The van der Waals surface area contributed by atoms with E-state index in [-0.39, 0.29) is 17.2 Å². The summed E-state index contributed by atoms with van der Waals surface area (Å²) in [5.74, 6) is 1.34. The summed E-state index contributed by atoms with van der Waals surface area (Å²) in [6.45, 7) is 8.38. The van der Waals surface area contributed by atoms with E-state index in [9.17, 15) is 4.79 Å². The number of rotatable bonds is 6. The van der Waals surface area contributed by atoms with Crippen LogP contribution in [0.15, 0.2) is 47.9 Å². The number of hydrogen-bond acceptors (Lipinski definition) is 5. The molecule has 3 aromatic rings. The summed E-state index contributed by atoms with van der Waals surface area (Å²) in [4.78, 5) is 17.1. The summed E-state index contributed by atoms with van der Waals surface area (Å²) in [7, 11) is 0. The summed E-state index contributed by atoms with van der Waals surface area (Å²) < 4.78 is 2.04. The summed E-state index contributed by atoms with van der Waals surface area (Å²) in [5, 5.41) is 12.7. The average molecular weight is 450 g/mol. The molecule has 3 unspecified atom stereocenters. The zero-order valence-corrected chi connectivity index (χ0v) is 20.0. The smallest absolute Gasteiger partial charge is 0.233 e. The number of carbonyl (C=O) groups excluding carboxylic acids is 1. The molecule has 7 heteroatoms. The van der Waals surface area contributed by atoms with Gasteiger partial charge in [-0.05, 0) is 74.9 Å². The second-order valence-corrected chi connectivity index (χ2v) is 10.1. The van der Waals surface area contributed by atoms with Crippen LogP contribution in [0.5, 0.6) is 0 Å². The Balaban J connectivity index is 1.62. The van der Waals surface area contributed by atoms with Gasteiger partial charge in [0.25, 0.3) is 0 Å². The molecule has 1 aromatic carbocycles. The van der Waals surface area contributed by atoms with Crippen molar-refractivity contribution in [2.45, 2.75) is 69.8 Å². The van der Waals surface area contributed by atoms with E-state index >= 15 is 0 Å². The van der Waals surface area contributed by atoms with Gasteiger partial charge < -0.3 is 5.32 Å². The lowest BCUT2D eigenvalue weighted by atomic mass is 9.86. The Hall–Kier alpha value is -2.67. The first-order valence-corrected chi connectivity index (χ1v) is 12.2. The number of pyridine rings is 1. The number of aryl methyl sites for hydroxylation is 2. The zero-order valence-electron chi connectivity index (χ0n) is 19.2. The number of amides is 1. The molecule has 1 aliphatic carbocycles. The maximum Gasteiger partial charge on any atom is 0.233 e. The number of nitrogens with zero attached hydrogens (tertiary/aromatic N) is 4. The van der Waals surface area contributed by atoms with Gasteiger partial charge >= 0.3 is 0 Å². The van der Waals surface area contributed by atoms with Gasteiger partial charge in [-0.1, -0.05) is 37.6 Å². The highest BCUT2D eigenvalue weighted by molar-refractivity contribution is 8.00. The van der Waals surface area contributed by atoms with Crippen LogP contribution in [0.1, 0.15) is 50.7 Å². The van der Waals surface area contributed by atoms with Crippen molar-refractivity contribution in [1.82, 2.24) is 25.1 Å². The molecule has 1 saturated carbocycles. The largest absolute Gasteiger partial charge is 0.352 e. The van der Waals surface area contributed by atoms with Crippen LogP contribution in [0.4, 0.5) is 0 Å². The number of aromatic nitrogens is 4. The van der Waals surface area contributed by atoms with Crippen molar-refractivity contribution in [3.8, 4) is 17.1 Å². The first-order valence-electron chi connectivity index (χ1n) is 11.3. The van der Waals surface area contributed by atoms with E-state index in [4.69, 9.17) is 0 Å². The SMILES string of the molecule is Cc1ccc(-n2c(SC(C)C(=O)NC3CCCCC3C)nnc2-c2ccncc2)cc1C. The van der Waals surface area contributed by atoms with E-state index in [2.05, 4.69) is 59.5 Å². The van der Waals surface area contributed by atoms with Gasteiger partial charge in [0.05, 0.1) is 10.9 Å². The van der Waals surface area contributed by atoms with E-state index in [0.29, 0.717) is 11.1 Å².